The summed E-state index contributed by atoms with van der Waals surface area (Å²) >= 11 is -0.171. The molecule has 0 saturated heterocycles. The number of rotatable bonds is 1. The van der Waals surface area contributed by atoms with E-state index in [1.54, 1.807) is 18.0 Å². The molecule has 0 aromatic rings. The predicted octanol–water partition coefficient (Wildman–Crippen LogP) is 0.643. The molecule has 9 heavy (non-hydrogen) atoms. The lowest BCUT2D eigenvalue weighted by Gasteiger charge is -2.16. The smallest absolute Gasteiger partial charge is 0.261 e. The van der Waals surface area contributed by atoms with Crippen LogP contribution in [0.2, 0.25) is 0 Å². The van der Waals surface area contributed by atoms with Gasteiger partial charge < -0.3 is 0 Å². The minimum atomic E-state index is -1.82. The van der Waals surface area contributed by atoms with Crippen LogP contribution in [0.1, 0.15) is 0 Å². The van der Waals surface area contributed by atoms with E-state index in [1.807, 2.05) is 5.41 Å². The Kier molecular flexibility index (Phi) is 2.56. The summed E-state index contributed by atoms with van der Waals surface area (Å²) in [5, 5.41) is 1.82. The summed E-state index contributed by atoms with van der Waals surface area (Å²) in [7, 11) is 0. The van der Waals surface area contributed by atoms with Crippen LogP contribution in [0.3, 0.4) is 0 Å². The molecule has 0 aliphatic carbocycles. The van der Waals surface area contributed by atoms with Gasteiger partial charge in [-0.15, -0.1) is 11.8 Å². The highest BCUT2D eigenvalue weighted by Gasteiger charge is 2.07. The molecule has 5 heteroatoms. The largest absolute Gasteiger partial charge is 0.289 e. The van der Waals surface area contributed by atoms with Gasteiger partial charge in [-0.2, -0.15) is 0 Å². The van der Waals surface area contributed by atoms with Crippen molar-refractivity contribution >= 4 is 23.0 Å². The normalized spacial score (nSPS) is 22.1. The van der Waals surface area contributed by atoms with Gasteiger partial charge in [0.25, 0.3) is 11.3 Å². The molecule has 1 atom stereocenters. The van der Waals surface area contributed by atoms with Crippen molar-refractivity contribution in [2.45, 2.75) is 0 Å². The Balaban J connectivity index is 2.50. The van der Waals surface area contributed by atoms with Gasteiger partial charge in [-0.25, -0.2) is 4.21 Å². The fraction of sp³-hybridized carbons (Fsp3) is 0.500. The van der Waals surface area contributed by atoms with Crippen LogP contribution < -0.4 is 0 Å². The van der Waals surface area contributed by atoms with Gasteiger partial charge in [0.2, 0.25) is 0 Å². The van der Waals surface area contributed by atoms with Crippen molar-refractivity contribution in [3.05, 3.63) is 11.6 Å². The highest BCUT2D eigenvalue weighted by Crippen LogP contribution is 2.10. The third-order valence-corrected chi connectivity index (χ3v) is 2.39. The van der Waals surface area contributed by atoms with E-state index in [2.05, 4.69) is 0 Å². The molecular formula is C4H7NO2S2. The zero-order chi connectivity index (χ0) is 6.69. The van der Waals surface area contributed by atoms with E-state index in [0.29, 0.717) is 6.54 Å². The molecule has 0 aromatic heterocycles. The van der Waals surface area contributed by atoms with Crippen molar-refractivity contribution < 1.29 is 8.76 Å². The highest BCUT2D eigenvalue weighted by molar-refractivity contribution is 8.02. The van der Waals surface area contributed by atoms with Crippen LogP contribution in [0.15, 0.2) is 11.6 Å². The second kappa shape index (κ2) is 3.24. The summed E-state index contributed by atoms with van der Waals surface area (Å²) in [6.07, 6.45) is 1.63. The number of hydrogen-bond donors (Lipinski definition) is 1. The third-order valence-electron chi connectivity index (χ3n) is 0.953. The maximum atomic E-state index is 10.3. The predicted molar refractivity (Wildman–Crippen MR) is 39.1 cm³/mol. The van der Waals surface area contributed by atoms with Gasteiger partial charge in [-0.1, -0.05) is 0 Å². The molecular weight excluding hydrogens is 158 g/mol. The van der Waals surface area contributed by atoms with E-state index < -0.39 is 11.3 Å². The first-order valence-electron chi connectivity index (χ1n) is 2.46. The Morgan fingerprint density at radius 1 is 1.78 bits per heavy atom. The topological polar surface area (TPSA) is 40.5 Å². The molecule has 0 bridgehead atoms. The molecule has 0 aromatic carbocycles. The summed E-state index contributed by atoms with van der Waals surface area (Å²) < 4.78 is 20.2. The van der Waals surface area contributed by atoms with Crippen molar-refractivity contribution in [1.82, 2.24) is 4.31 Å². The van der Waals surface area contributed by atoms with Gasteiger partial charge in [0, 0.05) is 18.5 Å². The minimum absolute atomic E-state index is 0.657. The third kappa shape index (κ3) is 2.00. The summed E-state index contributed by atoms with van der Waals surface area (Å²) in [6.45, 7) is 0.657. The molecule has 1 unspecified atom stereocenters. The van der Waals surface area contributed by atoms with E-state index in [4.69, 9.17) is 4.55 Å². The van der Waals surface area contributed by atoms with Gasteiger partial charge in [-0.3, -0.25) is 8.86 Å². The summed E-state index contributed by atoms with van der Waals surface area (Å²) in [5.74, 6) is 0.892. The van der Waals surface area contributed by atoms with Crippen molar-refractivity contribution in [3.63, 3.8) is 0 Å². The number of nitrogens with zero attached hydrogens (tertiary/aromatic N) is 1. The van der Waals surface area contributed by atoms with Crippen molar-refractivity contribution in [2.75, 3.05) is 12.3 Å². The monoisotopic (exact) mass is 165 g/mol. The second-order valence-corrected chi connectivity index (χ2v) is 3.47. The Hall–Kier alpha value is -0.000000000000000111. The van der Waals surface area contributed by atoms with E-state index in [1.165, 1.54) is 4.31 Å². The fourth-order valence-corrected chi connectivity index (χ4v) is 1.80. The minimum Gasteiger partial charge on any atom is -0.289 e. The maximum Gasteiger partial charge on any atom is 0.261 e. The van der Waals surface area contributed by atoms with E-state index in [0.717, 1.165) is 5.75 Å². The lowest BCUT2D eigenvalue weighted by Crippen LogP contribution is -2.23. The number of thioether (sulfide) groups is 1. The first kappa shape index (κ1) is 7.11. The van der Waals surface area contributed by atoms with Gasteiger partial charge in [-0.05, 0) is 5.41 Å². The summed E-state index contributed by atoms with van der Waals surface area (Å²) in [5.41, 5.74) is 0. The van der Waals surface area contributed by atoms with Gasteiger partial charge in [0.05, 0.1) is 0 Å². The molecule has 52 valence electrons. The zero-order valence-corrected chi connectivity index (χ0v) is 6.32. The molecule has 0 amide bonds. The van der Waals surface area contributed by atoms with Gasteiger partial charge >= 0.3 is 0 Å². The molecule has 1 aliphatic heterocycles. The van der Waals surface area contributed by atoms with Crippen LogP contribution in [0, 0.1) is 0 Å². The van der Waals surface area contributed by atoms with Gasteiger partial charge in [0.1, 0.15) is 0 Å². The molecule has 0 radical (unpaired) electrons. The standard InChI is InChI=1S/C4H7NO2S2/c6-9(7)5-1-3-8-4-2-5/h1,3H,2,4H2,(H,6,7). The Morgan fingerprint density at radius 3 is 2.89 bits per heavy atom. The molecule has 1 N–H and O–H groups in total. The van der Waals surface area contributed by atoms with Crippen LogP contribution in [0.4, 0.5) is 0 Å². The van der Waals surface area contributed by atoms with Crippen molar-refractivity contribution in [1.29, 1.82) is 0 Å². The molecule has 1 heterocycles. The number of hydrogen-bond acceptors (Lipinski definition) is 2. The molecule has 0 fully saturated rings. The Labute approximate surface area is 60.5 Å². The SMILES string of the molecule is O=S(O)N1C=CSCC1. The summed E-state index contributed by atoms with van der Waals surface area (Å²) in [6, 6.07) is 0. The lowest BCUT2D eigenvalue weighted by molar-refractivity contribution is 0.484. The summed E-state index contributed by atoms with van der Waals surface area (Å²) in [4.78, 5) is 0. The van der Waals surface area contributed by atoms with E-state index in [-0.39, 0.29) is 0 Å². The van der Waals surface area contributed by atoms with Crippen LogP contribution in [0.25, 0.3) is 0 Å². The van der Waals surface area contributed by atoms with Crippen molar-refractivity contribution in [3.8, 4) is 0 Å². The Morgan fingerprint density at radius 2 is 2.56 bits per heavy atom. The first-order chi connectivity index (χ1) is 4.30. The highest BCUT2D eigenvalue weighted by atomic mass is 32.2. The molecule has 3 nitrogen and oxygen atoms in total. The quantitative estimate of drug-likeness (QED) is 0.580. The molecule has 0 saturated carbocycles. The lowest BCUT2D eigenvalue weighted by atomic mass is 10.7. The second-order valence-electron chi connectivity index (χ2n) is 1.53. The zero-order valence-electron chi connectivity index (χ0n) is 4.69. The van der Waals surface area contributed by atoms with Crippen molar-refractivity contribution in [2.24, 2.45) is 0 Å². The first-order valence-corrected chi connectivity index (χ1v) is 4.58. The fourth-order valence-electron chi connectivity index (χ4n) is 0.526. The molecule has 1 rings (SSSR count). The molecule has 0 spiro atoms. The molecule has 1 aliphatic rings. The van der Waals surface area contributed by atoms with Crippen LogP contribution in [-0.4, -0.2) is 25.4 Å². The van der Waals surface area contributed by atoms with Crippen LogP contribution in [-0.2, 0) is 11.3 Å². The van der Waals surface area contributed by atoms with E-state index >= 15 is 0 Å². The van der Waals surface area contributed by atoms with Crippen LogP contribution >= 0.6 is 11.8 Å². The average molecular weight is 165 g/mol. The average Bonchev–Trinajstić information content (AvgIpc) is 1.90. The maximum absolute atomic E-state index is 10.3. The van der Waals surface area contributed by atoms with E-state index in [9.17, 15) is 4.21 Å². The van der Waals surface area contributed by atoms with Gasteiger partial charge in [0.15, 0.2) is 0 Å². The Bertz CT molecular complexity index is 148. The van der Waals surface area contributed by atoms with Crippen LogP contribution in [0.5, 0.6) is 0 Å².